The van der Waals surface area contributed by atoms with Crippen LogP contribution in [-0.4, -0.2) is 77.1 Å². The average Bonchev–Trinajstić information content (AvgIpc) is 2.57. The molecular weight excluding hydrogens is 407 g/mol. The van der Waals surface area contributed by atoms with E-state index >= 15 is 0 Å². The van der Waals surface area contributed by atoms with Crippen LogP contribution in [0, 0.1) is 0 Å². The van der Waals surface area contributed by atoms with Gasteiger partial charge in [0.05, 0.1) is 13.2 Å². The molecule has 1 atom stereocenters. The summed E-state index contributed by atoms with van der Waals surface area (Å²) < 4.78 is 10.4. The Morgan fingerprint density at radius 3 is 2.74 bits per heavy atom. The van der Waals surface area contributed by atoms with Gasteiger partial charge in [-0.1, -0.05) is 13.3 Å². The lowest BCUT2D eigenvalue weighted by molar-refractivity contribution is 0.0698. The molecular formula is C16H35IN4O2. The zero-order chi connectivity index (χ0) is 16.0. The minimum Gasteiger partial charge on any atom is -0.382 e. The second-order valence-electron chi connectivity index (χ2n) is 5.62. The number of ether oxygens (including phenoxy) is 2. The van der Waals surface area contributed by atoms with Crippen molar-refractivity contribution in [2.24, 2.45) is 4.99 Å². The van der Waals surface area contributed by atoms with Gasteiger partial charge in [0, 0.05) is 39.9 Å². The fourth-order valence-corrected chi connectivity index (χ4v) is 2.77. The summed E-state index contributed by atoms with van der Waals surface area (Å²) in [5, 5.41) is 6.79. The van der Waals surface area contributed by atoms with Gasteiger partial charge >= 0.3 is 0 Å². The van der Waals surface area contributed by atoms with Gasteiger partial charge in [-0.05, 0) is 32.4 Å². The summed E-state index contributed by atoms with van der Waals surface area (Å²) >= 11 is 0. The van der Waals surface area contributed by atoms with E-state index in [0.29, 0.717) is 19.3 Å². The van der Waals surface area contributed by atoms with Crippen molar-refractivity contribution < 1.29 is 9.47 Å². The summed E-state index contributed by atoms with van der Waals surface area (Å²) in [4.78, 5) is 6.85. The smallest absolute Gasteiger partial charge is 0.191 e. The molecule has 1 fully saturated rings. The second-order valence-corrected chi connectivity index (χ2v) is 5.62. The number of rotatable bonds is 10. The van der Waals surface area contributed by atoms with Crippen molar-refractivity contribution in [1.29, 1.82) is 0 Å². The lowest BCUT2D eigenvalue weighted by Gasteiger charge is -2.35. The van der Waals surface area contributed by atoms with Gasteiger partial charge in [-0.15, -0.1) is 24.0 Å². The standard InChI is InChI=1S/C16H34N4O2.HI/c1-4-20-10-6-5-8-15(20)14-19-16(17-2)18-9-7-11-22-13-12-21-3;/h15H,4-14H2,1-3H3,(H2,17,18,19);1H. The number of nitrogens with zero attached hydrogens (tertiary/aromatic N) is 2. The van der Waals surface area contributed by atoms with Crippen molar-refractivity contribution in [1.82, 2.24) is 15.5 Å². The van der Waals surface area contributed by atoms with E-state index in [1.165, 1.54) is 25.8 Å². The first kappa shape index (κ1) is 22.9. The SMILES string of the molecule is CCN1CCCCC1CNC(=NC)NCCCOCCOC.I. The fourth-order valence-electron chi connectivity index (χ4n) is 2.77. The number of nitrogens with one attached hydrogen (secondary N) is 2. The van der Waals surface area contributed by atoms with Gasteiger partial charge in [0.2, 0.25) is 0 Å². The molecule has 1 aliphatic heterocycles. The van der Waals surface area contributed by atoms with Gasteiger partial charge in [-0.3, -0.25) is 9.89 Å². The highest BCUT2D eigenvalue weighted by atomic mass is 127. The molecule has 1 aliphatic rings. The summed E-state index contributed by atoms with van der Waals surface area (Å²) in [5.74, 6) is 0.888. The monoisotopic (exact) mass is 442 g/mol. The van der Waals surface area contributed by atoms with E-state index in [9.17, 15) is 0 Å². The number of hydrogen-bond donors (Lipinski definition) is 2. The van der Waals surface area contributed by atoms with Crippen LogP contribution >= 0.6 is 24.0 Å². The fraction of sp³-hybridized carbons (Fsp3) is 0.938. The molecule has 2 N–H and O–H groups in total. The Kier molecular flexibility index (Phi) is 15.3. The number of hydrogen-bond acceptors (Lipinski definition) is 4. The van der Waals surface area contributed by atoms with E-state index in [4.69, 9.17) is 9.47 Å². The summed E-state index contributed by atoms with van der Waals surface area (Å²) in [6, 6.07) is 0.634. The normalized spacial score (nSPS) is 19.3. The molecule has 0 aromatic rings. The van der Waals surface area contributed by atoms with Gasteiger partial charge in [-0.25, -0.2) is 0 Å². The topological polar surface area (TPSA) is 58.1 Å². The Morgan fingerprint density at radius 2 is 2.04 bits per heavy atom. The highest BCUT2D eigenvalue weighted by Crippen LogP contribution is 2.15. The lowest BCUT2D eigenvalue weighted by atomic mass is 10.0. The predicted molar refractivity (Wildman–Crippen MR) is 107 cm³/mol. The maximum absolute atomic E-state index is 5.44. The number of likely N-dealkylation sites (N-methyl/N-ethyl adjacent to an activating group) is 1. The number of aliphatic imine (C=N–C) groups is 1. The molecule has 0 spiro atoms. The molecule has 0 aromatic heterocycles. The number of guanidine groups is 1. The summed E-state index contributed by atoms with van der Waals surface area (Å²) in [6.07, 6.45) is 4.92. The molecule has 1 unspecified atom stereocenters. The van der Waals surface area contributed by atoms with Crippen LogP contribution in [0.25, 0.3) is 0 Å². The first-order valence-corrected chi connectivity index (χ1v) is 8.57. The van der Waals surface area contributed by atoms with Gasteiger partial charge in [0.1, 0.15) is 0 Å². The Morgan fingerprint density at radius 1 is 1.22 bits per heavy atom. The molecule has 7 heteroatoms. The number of likely N-dealkylation sites (tertiary alicyclic amines) is 1. The average molecular weight is 442 g/mol. The minimum atomic E-state index is 0. The molecule has 0 amide bonds. The molecule has 0 aliphatic carbocycles. The van der Waals surface area contributed by atoms with Crippen LogP contribution < -0.4 is 10.6 Å². The van der Waals surface area contributed by atoms with Crippen molar-refractivity contribution in [2.75, 3.05) is 60.2 Å². The van der Waals surface area contributed by atoms with E-state index in [0.717, 1.165) is 38.6 Å². The Bertz CT molecular complexity index is 306. The van der Waals surface area contributed by atoms with E-state index in [1.54, 1.807) is 7.11 Å². The van der Waals surface area contributed by atoms with Crippen molar-refractivity contribution >= 4 is 29.9 Å². The van der Waals surface area contributed by atoms with Gasteiger partial charge < -0.3 is 20.1 Å². The van der Waals surface area contributed by atoms with Crippen LogP contribution in [0.1, 0.15) is 32.6 Å². The quantitative estimate of drug-likeness (QED) is 0.234. The van der Waals surface area contributed by atoms with E-state index in [-0.39, 0.29) is 24.0 Å². The summed E-state index contributed by atoms with van der Waals surface area (Å²) in [5.41, 5.74) is 0. The van der Waals surface area contributed by atoms with Crippen LogP contribution in [0.15, 0.2) is 4.99 Å². The third kappa shape index (κ3) is 10.4. The third-order valence-electron chi connectivity index (χ3n) is 4.07. The van der Waals surface area contributed by atoms with Crippen LogP contribution in [0.2, 0.25) is 0 Å². The molecule has 0 aromatic carbocycles. The molecule has 23 heavy (non-hydrogen) atoms. The second kappa shape index (κ2) is 15.4. The summed E-state index contributed by atoms with van der Waals surface area (Å²) in [6.45, 7) is 8.52. The Hall–Kier alpha value is -0.120. The van der Waals surface area contributed by atoms with Crippen molar-refractivity contribution in [3.05, 3.63) is 0 Å². The maximum Gasteiger partial charge on any atom is 0.191 e. The van der Waals surface area contributed by atoms with Crippen molar-refractivity contribution in [3.8, 4) is 0 Å². The molecule has 1 heterocycles. The highest BCUT2D eigenvalue weighted by Gasteiger charge is 2.20. The largest absolute Gasteiger partial charge is 0.382 e. The lowest BCUT2D eigenvalue weighted by Crippen LogP contribution is -2.49. The molecule has 0 radical (unpaired) electrons. The van der Waals surface area contributed by atoms with Crippen LogP contribution in [-0.2, 0) is 9.47 Å². The number of piperidine rings is 1. The molecule has 0 saturated carbocycles. The minimum absolute atomic E-state index is 0. The van der Waals surface area contributed by atoms with E-state index in [2.05, 4.69) is 27.4 Å². The molecule has 0 bridgehead atoms. The number of methoxy groups -OCH3 is 1. The molecule has 1 rings (SSSR count). The van der Waals surface area contributed by atoms with Crippen LogP contribution in [0.4, 0.5) is 0 Å². The molecule has 1 saturated heterocycles. The molecule has 138 valence electrons. The zero-order valence-electron chi connectivity index (χ0n) is 15.0. The number of halogens is 1. The Balaban J connectivity index is 0.00000484. The maximum atomic E-state index is 5.44. The first-order valence-electron chi connectivity index (χ1n) is 8.57. The predicted octanol–water partition coefficient (Wildman–Crippen LogP) is 1.70. The van der Waals surface area contributed by atoms with Crippen molar-refractivity contribution in [2.45, 2.75) is 38.6 Å². The summed E-state index contributed by atoms with van der Waals surface area (Å²) in [7, 11) is 3.51. The zero-order valence-corrected chi connectivity index (χ0v) is 17.3. The first-order chi connectivity index (χ1) is 10.8. The van der Waals surface area contributed by atoms with Gasteiger partial charge in [0.15, 0.2) is 5.96 Å². The van der Waals surface area contributed by atoms with E-state index < -0.39 is 0 Å². The Labute approximate surface area is 158 Å². The van der Waals surface area contributed by atoms with E-state index in [1.807, 2.05) is 7.05 Å². The van der Waals surface area contributed by atoms with Crippen LogP contribution in [0.5, 0.6) is 0 Å². The van der Waals surface area contributed by atoms with Gasteiger partial charge in [-0.2, -0.15) is 0 Å². The van der Waals surface area contributed by atoms with Crippen molar-refractivity contribution in [3.63, 3.8) is 0 Å². The van der Waals surface area contributed by atoms with Gasteiger partial charge in [0.25, 0.3) is 0 Å². The molecule has 6 nitrogen and oxygen atoms in total. The van der Waals surface area contributed by atoms with Crippen LogP contribution in [0.3, 0.4) is 0 Å². The third-order valence-corrected chi connectivity index (χ3v) is 4.07. The highest BCUT2D eigenvalue weighted by molar-refractivity contribution is 14.0.